The zero-order valence-electron chi connectivity index (χ0n) is 6.38. The predicted molar refractivity (Wildman–Crippen MR) is 37.1 cm³/mol. The van der Waals surface area contributed by atoms with E-state index in [9.17, 15) is 18.0 Å². The van der Waals surface area contributed by atoms with Crippen LogP contribution in [0.25, 0.3) is 0 Å². The zero-order chi connectivity index (χ0) is 10.1. The van der Waals surface area contributed by atoms with Crippen LogP contribution in [0.3, 0.4) is 0 Å². The summed E-state index contributed by atoms with van der Waals surface area (Å²) in [5.74, 6) is 0. The summed E-state index contributed by atoms with van der Waals surface area (Å²) < 4.78 is 36.1. The average Bonchev–Trinajstić information content (AvgIpc) is 2.34. The minimum Gasteiger partial charge on any atom is -0.382 e. The fourth-order valence-corrected chi connectivity index (χ4v) is 0.783. The van der Waals surface area contributed by atoms with Crippen LogP contribution < -0.4 is 5.69 Å². The second kappa shape index (κ2) is 3.25. The highest BCUT2D eigenvalue weighted by Gasteiger charge is 2.38. The van der Waals surface area contributed by atoms with Crippen LogP contribution in [0.4, 0.5) is 13.2 Å². The predicted octanol–water partition coefficient (Wildman–Crippen LogP) is 0.0996. The molecular formula is C6H7F3N2O2. The molecule has 0 radical (unpaired) electrons. The number of H-pyrrole nitrogens is 1. The first-order chi connectivity index (χ1) is 5.91. The number of imidazole rings is 1. The average molecular weight is 196 g/mol. The third-order valence-corrected chi connectivity index (χ3v) is 1.47. The van der Waals surface area contributed by atoms with Gasteiger partial charge in [-0.25, -0.2) is 4.79 Å². The van der Waals surface area contributed by atoms with Gasteiger partial charge < -0.3 is 10.1 Å². The molecule has 1 atom stereocenters. The summed E-state index contributed by atoms with van der Waals surface area (Å²) in [7, 11) is 0. The molecule has 4 nitrogen and oxygen atoms in total. The Labute approximate surface area is 70.6 Å². The van der Waals surface area contributed by atoms with Gasteiger partial charge in [0.2, 0.25) is 0 Å². The van der Waals surface area contributed by atoms with Crippen LogP contribution in [0, 0.1) is 0 Å². The van der Waals surface area contributed by atoms with E-state index in [1.54, 1.807) is 0 Å². The molecule has 1 aromatic rings. The summed E-state index contributed by atoms with van der Waals surface area (Å²) in [6.07, 6.45) is -4.87. The Kier molecular flexibility index (Phi) is 2.46. The van der Waals surface area contributed by atoms with Crippen LogP contribution in [0.2, 0.25) is 0 Å². The summed E-state index contributed by atoms with van der Waals surface area (Å²) in [6, 6.07) is 0. The number of hydrogen-bond donors (Lipinski definition) is 2. The van der Waals surface area contributed by atoms with Crippen molar-refractivity contribution in [3.8, 4) is 0 Å². The number of hydrogen-bond acceptors (Lipinski definition) is 2. The Hall–Kier alpha value is -1.24. The maximum Gasteiger partial charge on any atom is 0.416 e. The SMILES string of the molecule is O=c1[nH]ccn1CC(O)C(F)(F)F. The van der Waals surface area contributed by atoms with Gasteiger partial charge >= 0.3 is 11.9 Å². The second-order valence-electron chi connectivity index (χ2n) is 2.48. The molecule has 1 unspecified atom stereocenters. The van der Waals surface area contributed by atoms with E-state index in [4.69, 9.17) is 5.11 Å². The van der Waals surface area contributed by atoms with Gasteiger partial charge in [-0.2, -0.15) is 13.2 Å². The maximum absolute atomic E-state index is 11.8. The van der Waals surface area contributed by atoms with E-state index in [2.05, 4.69) is 4.98 Å². The van der Waals surface area contributed by atoms with Gasteiger partial charge in [-0.3, -0.25) is 4.57 Å². The molecule has 2 N–H and O–H groups in total. The molecular weight excluding hydrogens is 189 g/mol. The monoisotopic (exact) mass is 196 g/mol. The molecule has 7 heteroatoms. The van der Waals surface area contributed by atoms with Crippen molar-refractivity contribution >= 4 is 0 Å². The quantitative estimate of drug-likeness (QED) is 0.704. The van der Waals surface area contributed by atoms with Crippen LogP contribution in [0.15, 0.2) is 17.2 Å². The van der Waals surface area contributed by atoms with Gasteiger partial charge in [0.1, 0.15) is 0 Å². The van der Waals surface area contributed by atoms with Crippen molar-refractivity contribution in [2.24, 2.45) is 0 Å². The summed E-state index contributed by atoms with van der Waals surface area (Å²) in [6.45, 7) is -0.786. The van der Waals surface area contributed by atoms with E-state index in [1.807, 2.05) is 0 Å². The van der Waals surface area contributed by atoms with E-state index in [0.29, 0.717) is 0 Å². The lowest BCUT2D eigenvalue weighted by Gasteiger charge is -2.13. The fourth-order valence-electron chi connectivity index (χ4n) is 0.783. The Balaban J connectivity index is 2.71. The van der Waals surface area contributed by atoms with Crippen molar-refractivity contribution in [2.45, 2.75) is 18.8 Å². The van der Waals surface area contributed by atoms with Gasteiger partial charge in [0.05, 0.1) is 6.54 Å². The lowest BCUT2D eigenvalue weighted by molar-refractivity contribution is -0.207. The lowest BCUT2D eigenvalue weighted by atomic mass is 10.3. The molecule has 0 bridgehead atoms. The molecule has 0 aliphatic carbocycles. The molecule has 1 heterocycles. The number of nitrogens with one attached hydrogen (secondary N) is 1. The van der Waals surface area contributed by atoms with Gasteiger partial charge in [-0.1, -0.05) is 0 Å². The Morgan fingerprint density at radius 3 is 2.62 bits per heavy atom. The molecule has 0 aliphatic rings. The number of aliphatic hydroxyl groups is 1. The normalized spacial score (nSPS) is 14.5. The molecule has 0 saturated carbocycles. The molecule has 1 aromatic heterocycles. The topological polar surface area (TPSA) is 58.0 Å². The smallest absolute Gasteiger partial charge is 0.382 e. The number of aliphatic hydroxyl groups excluding tert-OH is 1. The van der Waals surface area contributed by atoms with Gasteiger partial charge in [0.15, 0.2) is 6.10 Å². The summed E-state index contributed by atoms with van der Waals surface area (Å²) in [5, 5.41) is 8.58. The first-order valence-corrected chi connectivity index (χ1v) is 3.40. The lowest BCUT2D eigenvalue weighted by Crippen LogP contribution is -2.35. The van der Waals surface area contributed by atoms with Crippen molar-refractivity contribution in [2.75, 3.05) is 0 Å². The maximum atomic E-state index is 11.8. The van der Waals surface area contributed by atoms with Gasteiger partial charge in [0, 0.05) is 12.4 Å². The van der Waals surface area contributed by atoms with E-state index < -0.39 is 24.5 Å². The van der Waals surface area contributed by atoms with Crippen molar-refractivity contribution in [3.05, 3.63) is 22.9 Å². The minimum atomic E-state index is -4.70. The standard InChI is InChI=1S/C6H7F3N2O2/c7-6(8,9)4(12)3-11-2-1-10-5(11)13/h1-2,4,12H,3H2,(H,10,13). The number of alkyl halides is 3. The third-order valence-electron chi connectivity index (χ3n) is 1.47. The van der Waals surface area contributed by atoms with Crippen molar-refractivity contribution in [1.82, 2.24) is 9.55 Å². The molecule has 0 fully saturated rings. The van der Waals surface area contributed by atoms with E-state index in [0.717, 1.165) is 10.8 Å². The van der Waals surface area contributed by atoms with Crippen molar-refractivity contribution in [1.29, 1.82) is 0 Å². The summed E-state index contributed by atoms with van der Waals surface area (Å²) in [5.41, 5.74) is -0.678. The van der Waals surface area contributed by atoms with E-state index in [-0.39, 0.29) is 0 Å². The first-order valence-electron chi connectivity index (χ1n) is 3.40. The molecule has 1 rings (SSSR count). The van der Waals surface area contributed by atoms with Crippen LogP contribution in [0.5, 0.6) is 0 Å². The number of aromatic nitrogens is 2. The van der Waals surface area contributed by atoms with Crippen LogP contribution in [-0.4, -0.2) is 26.9 Å². The molecule has 0 aromatic carbocycles. The minimum absolute atomic E-state index is 0.678. The molecule has 0 saturated heterocycles. The highest BCUT2D eigenvalue weighted by Crippen LogP contribution is 2.20. The highest BCUT2D eigenvalue weighted by atomic mass is 19.4. The van der Waals surface area contributed by atoms with Crippen molar-refractivity contribution < 1.29 is 18.3 Å². The number of aromatic amines is 1. The number of rotatable bonds is 2. The third kappa shape index (κ3) is 2.35. The molecule has 0 amide bonds. The largest absolute Gasteiger partial charge is 0.416 e. The second-order valence-corrected chi connectivity index (χ2v) is 2.48. The summed E-state index contributed by atoms with van der Waals surface area (Å²) >= 11 is 0. The van der Waals surface area contributed by atoms with Gasteiger partial charge in [-0.05, 0) is 0 Å². The van der Waals surface area contributed by atoms with Gasteiger partial charge in [-0.15, -0.1) is 0 Å². The number of halogens is 3. The molecule has 74 valence electrons. The Morgan fingerprint density at radius 2 is 2.23 bits per heavy atom. The van der Waals surface area contributed by atoms with Crippen LogP contribution >= 0.6 is 0 Å². The van der Waals surface area contributed by atoms with Crippen LogP contribution in [0.1, 0.15) is 0 Å². The van der Waals surface area contributed by atoms with Crippen molar-refractivity contribution in [3.63, 3.8) is 0 Å². The molecule has 0 aliphatic heterocycles. The van der Waals surface area contributed by atoms with E-state index >= 15 is 0 Å². The Bertz CT molecular complexity index is 327. The summed E-state index contributed by atoms with van der Waals surface area (Å²) in [4.78, 5) is 12.9. The van der Waals surface area contributed by atoms with Crippen LogP contribution in [-0.2, 0) is 6.54 Å². The number of nitrogens with zero attached hydrogens (tertiary/aromatic N) is 1. The molecule has 0 spiro atoms. The highest BCUT2D eigenvalue weighted by molar-refractivity contribution is 4.78. The molecule has 13 heavy (non-hydrogen) atoms. The van der Waals surface area contributed by atoms with E-state index in [1.165, 1.54) is 6.20 Å². The first kappa shape index (κ1) is 9.85. The Morgan fingerprint density at radius 1 is 1.62 bits per heavy atom. The fraction of sp³-hybridized carbons (Fsp3) is 0.500. The zero-order valence-corrected chi connectivity index (χ0v) is 6.38. The van der Waals surface area contributed by atoms with Gasteiger partial charge in [0.25, 0.3) is 0 Å².